The number of hydrogen-bond donors (Lipinski definition) is 1. The number of hydrogen-bond acceptors (Lipinski definition) is 4. The third kappa shape index (κ3) is 4.69. The highest BCUT2D eigenvalue weighted by Crippen LogP contribution is 2.16. The number of esters is 1. The van der Waals surface area contributed by atoms with Crippen molar-refractivity contribution in [1.82, 2.24) is 10.2 Å². The average Bonchev–Trinajstić information content (AvgIpc) is 2.69. The summed E-state index contributed by atoms with van der Waals surface area (Å²) in [4.78, 5) is 38.4. The van der Waals surface area contributed by atoms with E-state index in [0.717, 1.165) is 5.56 Å². The lowest BCUT2D eigenvalue weighted by molar-refractivity contribution is -0.148. The molecule has 1 fully saturated rings. The molecule has 0 aliphatic carbocycles. The number of carbonyl (C=O) groups is 3. The number of rotatable bonds is 5. The molecule has 2 amide bonds. The van der Waals surface area contributed by atoms with Gasteiger partial charge in [-0.05, 0) is 29.8 Å². The zero-order valence-corrected chi connectivity index (χ0v) is 14.6. The molecule has 2 aromatic carbocycles. The fourth-order valence-electron chi connectivity index (χ4n) is 2.87. The van der Waals surface area contributed by atoms with Gasteiger partial charge in [0.05, 0.1) is 6.42 Å². The Balaban J connectivity index is 1.66. The Hall–Kier alpha value is -3.22. The van der Waals surface area contributed by atoms with E-state index in [0.29, 0.717) is 6.54 Å². The van der Waals surface area contributed by atoms with Gasteiger partial charge < -0.3 is 15.0 Å². The second-order valence-electron chi connectivity index (χ2n) is 6.16. The van der Waals surface area contributed by atoms with Crippen LogP contribution in [0.3, 0.4) is 0 Å². The Morgan fingerprint density at radius 2 is 1.81 bits per heavy atom. The van der Waals surface area contributed by atoms with E-state index in [1.807, 2.05) is 30.3 Å². The van der Waals surface area contributed by atoms with Crippen LogP contribution in [0.25, 0.3) is 0 Å². The fraction of sp³-hybridized carbons (Fsp3) is 0.250. The summed E-state index contributed by atoms with van der Waals surface area (Å²) in [6.45, 7) is 0.653. The molecule has 0 spiro atoms. The van der Waals surface area contributed by atoms with Crippen LogP contribution >= 0.6 is 0 Å². The molecule has 27 heavy (non-hydrogen) atoms. The maximum atomic E-state index is 13.1. The maximum absolute atomic E-state index is 13.1. The van der Waals surface area contributed by atoms with Crippen LogP contribution in [0.4, 0.5) is 4.39 Å². The van der Waals surface area contributed by atoms with Gasteiger partial charge in [0.15, 0.2) is 0 Å². The van der Waals surface area contributed by atoms with Crippen LogP contribution < -0.4 is 5.32 Å². The molecule has 3 rings (SSSR count). The van der Waals surface area contributed by atoms with Crippen molar-refractivity contribution in [2.45, 2.75) is 19.1 Å². The molecule has 1 N–H and O–H groups in total. The van der Waals surface area contributed by atoms with Gasteiger partial charge in [0.1, 0.15) is 18.5 Å². The first kappa shape index (κ1) is 18.6. The molecule has 0 bridgehead atoms. The summed E-state index contributed by atoms with van der Waals surface area (Å²) >= 11 is 0. The second kappa shape index (κ2) is 8.44. The third-order valence-corrected chi connectivity index (χ3v) is 4.29. The zero-order chi connectivity index (χ0) is 19.2. The normalized spacial score (nSPS) is 16.6. The molecule has 7 heteroatoms. The van der Waals surface area contributed by atoms with Gasteiger partial charge in [0.2, 0.25) is 5.91 Å². The third-order valence-electron chi connectivity index (χ3n) is 4.29. The fourth-order valence-corrected chi connectivity index (χ4v) is 2.87. The molecule has 1 saturated heterocycles. The van der Waals surface area contributed by atoms with Crippen LogP contribution in [0.1, 0.15) is 22.3 Å². The van der Waals surface area contributed by atoms with Crippen LogP contribution in [-0.2, 0) is 20.9 Å². The number of amides is 2. The van der Waals surface area contributed by atoms with Crippen LogP contribution in [0.15, 0.2) is 54.6 Å². The highest BCUT2D eigenvalue weighted by molar-refractivity contribution is 5.99. The van der Waals surface area contributed by atoms with Crippen molar-refractivity contribution in [1.29, 1.82) is 0 Å². The maximum Gasteiger partial charge on any atom is 0.308 e. The van der Waals surface area contributed by atoms with E-state index in [-0.39, 0.29) is 25.1 Å². The minimum Gasteiger partial charge on any atom is -0.461 e. The Morgan fingerprint density at radius 3 is 2.52 bits per heavy atom. The van der Waals surface area contributed by atoms with Crippen molar-refractivity contribution in [3.63, 3.8) is 0 Å². The lowest BCUT2D eigenvalue weighted by atomic mass is 10.1. The first-order chi connectivity index (χ1) is 13.0. The highest BCUT2D eigenvalue weighted by Gasteiger charge is 2.35. The average molecular weight is 370 g/mol. The van der Waals surface area contributed by atoms with Crippen molar-refractivity contribution in [3.8, 4) is 0 Å². The van der Waals surface area contributed by atoms with E-state index in [9.17, 15) is 18.8 Å². The number of carbonyl (C=O) groups excluding carboxylic acids is 3. The molecule has 1 heterocycles. The number of nitrogens with one attached hydrogen (secondary N) is 1. The Morgan fingerprint density at radius 1 is 1.11 bits per heavy atom. The number of piperazine rings is 1. The largest absolute Gasteiger partial charge is 0.461 e. The van der Waals surface area contributed by atoms with Crippen LogP contribution in [0, 0.1) is 5.82 Å². The minimum atomic E-state index is -0.959. The molecule has 2 aromatic rings. The molecule has 1 atom stereocenters. The number of ether oxygens (including phenoxy) is 1. The Labute approximate surface area is 155 Å². The van der Waals surface area contributed by atoms with E-state index in [4.69, 9.17) is 4.74 Å². The van der Waals surface area contributed by atoms with Gasteiger partial charge >= 0.3 is 5.97 Å². The summed E-state index contributed by atoms with van der Waals surface area (Å²) in [7, 11) is 0. The van der Waals surface area contributed by atoms with Crippen LogP contribution in [0.5, 0.6) is 0 Å². The number of benzene rings is 2. The predicted molar refractivity (Wildman–Crippen MR) is 95.1 cm³/mol. The molecule has 0 aromatic heterocycles. The van der Waals surface area contributed by atoms with Gasteiger partial charge in [-0.15, -0.1) is 0 Å². The molecule has 6 nitrogen and oxygen atoms in total. The molecular formula is C20H19FN2O4. The SMILES string of the molecule is O=C(C[C@H]1C(=O)NCCN1C(=O)c1ccc(F)cc1)OCc1ccccc1. The van der Waals surface area contributed by atoms with Crippen LogP contribution in [0.2, 0.25) is 0 Å². The van der Waals surface area contributed by atoms with E-state index in [1.165, 1.54) is 29.2 Å². The molecule has 0 unspecified atom stereocenters. The number of nitrogens with zero attached hydrogens (tertiary/aromatic N) is 1. The van der Waals surface area contributed by atoms with Gasteiger partial charge in [-0.25, -0.2) is 4.39 Å². The smallest absolute Gasteiger partial charge is 0.308 e. The summed E-state index contributed by atoms with van der Waals surface area (Å²) < 4.78 is 18.3. The summed E-state index contributed by atoms with van der Waals surface area (Å²) in [5.41, 5.74) is 1.09. The molecule has 140 valence electrons. The zero-order valence-electron chi connectivity index (χ0n) is 14.6. The first-order valence-corrected chi connectivity index (χ1v) is 8.58. The van der Waals surface area contributed by atoms with Crippen molar-refractivity contribution < 1.29 is 23.5 Å². The van der Waals surface area contributed by atoms with Crippen molar-refractivity contribution in [2.24, 2.45) is 0 Å². The lowest BCUT2D eigenvalue weighted by Gasteiger charge is -2.34. The van der Waals surface area contributed by atoms with E-state index in [2.05, 4.69) is 5.32 Å². The van der Waals surface area contributed by atoms with Gasteiger partial charge in [-0.3, -0.25) is 14.4 Å². The monoisotopic (exact) mass is 370 g/mol. The summed E-state index contributed by atoms with van der Waals surface area (Å²) in [6.07, 6.45) is -0.244. The summed E-state index contributed by atoms with van der Waals surface area (Å²) in [5, 5.41) is 2.66. The van der Waals surface area contributed by atoms with E-state index >= 15 is 0 Å². The second-order valence-corrected chi connectivity index (χ2v) is 6.16. The molecule has 0 saturated carbocycles. The topological polar surface area (TPSA) is 75.7 Å². The molecule has 0 radical (unpaired) electrons. The first-order valence-electron chi connectivity index (χ1n) is 8.58. The van der Waals surface area contributed by atoms with Gasteiger partial charge in [-0.2, -0.15) is 0 Å². The van der Waals surface area contributed by atoms with Gasteiger partial charge in [0.25, 0.3) is 5.91 Å². The Kier molecular flexibility index (Phi) is 5.80. The van der Waals surface area contributed by atoms with E-state index < -0.39 is 29.6 Å². The van der Waals surface area contributed by atoms with Gasteiger partial charge in [0, 0.05) is 18.7 Å². The van der Waals surface area contributed by atoms with Crippen LogP contribution in [-0.4, -0.2) is 41.8 Å². The Bertz CT molecular complexity index is 824. The van der Waals surface area contributed by atoms with E-state index in [1.54, 1.807) is 0 Å². The number of halogens is 1. The van der Waals surface area contributed by atoms with Crippen molar-refractivity contribution in [2.75, 3.05) is 13.1 Å². The standard InChI is InChI=1S/C20H19FN2O4/c21-16-8-6-15(7-9-16)20(26)23-11-10-22-19(25)17(23)12-18(24)27-13-14-4-2-1-3-5-14/h1-9,17H,10-13H2,(H,22,25)/t17-/m0/s1. The quantitative estimate of drug-likeness (QED) is 0.816. The predicted octanol–water partition coefficient (Wildman–Crippen LogP) is 1.90. The van der Waals surface area contributed by atoms with Crippen molar-refractivity contribution in [3.05, 3.63) is 71.5 Å². The van der Waals surface area contributed by atoms with Crippen molar-refractivity contribution >= 4 is 17.8 Å². The molecule has 1 aliphatic rings. The summed E-state index contributed by atoms with van der Waals surface area (Å²) in [6, 6.07) is 13.3. The minimum absolute atomic E-state index is 0.0971. The summed E-state index contributed by atoms with van der Waals surface area (Å²) in [5.74, 6) is -1.86. The molecule has 1 aliphatic heterocycles. The molecular weight excluding hydrogens is 351 g/mol. The van der Waals surface area contributed by atoms with Gasteiger partial charge in [-0.1, -0.05) is 30.3 Å². The lowest BCUT2D eigenvalue weighted by Crippen LogP contribution is -2.57. The highest BCUT2D eigenvalue weighted by atomic mass is 19.1.